The Kier molecular flexibility index (Phi) is 6.56. The summed E-state index contributed by atoms with van der Waals surface area (Å²) in [6, 6.07) is 0. The predicted molar refractivity (Wildman–Crippen MR) is 80.2 cm³/mol. The Morgan fingerprint density at radius 2 is 1.42 bits per heavy atom. The largest absolute Gasteiger partial charge is 0.465 e. The molecule has 0 aliphatic carbocycles. The molecule has 0 saturated carbocycles. The lowest BCUT2D eigenvalue weighted by atomic mass is 9.91. The van der Waals surface area contributed by atoms with E-state index in [0.717, 1.165) is 14.2 Å². The third-order valence-corrected chi connectivity index (χ3v) is 3.41. The van der Waals surface area contributed by atoms with Crippen LogP contribution in [0.5, 0.6) is 0 Å². The zero-order valence-electron chi connectivity index (χ0n) is 14.1. The number of halogens is 6. The van der Waals surface area contributed by atoms with Crippen LogP contribution in [0.25, 0.3) is 0 Å². The molecule has 1 aromatic rings. The number of carbonyl (C=O) groups is 2. The van der Waals surface area contributed by atoms with Crippen molar-refractivity contribution in [2.45, 2.75) is 31.8 Å². The summed E-state index contributed by atoms with van der Waals surface area (Å²) >= 11 is 4.87. The summed E-state index contributed by atoms with van der Waals surface area (Å²) in [5.41, 5.74) is -6.28. The summed E-state index contributed by atoms with van der Waals surface area (Å²) < 4.78 is 76.3. The molecular weight excluding hydrogens is 389 g/mol. The van der Waals surface area contributed by atoms with E-state index < -0.39 is 57.5 Å². The Morgan fingerprint density at radius 3 is 1.73 bits per heavy atom. The van der Waals surface area contributed by atoms with Crippen molar-refractivity contribution in [1.29, 1.82) is 0 Å². The van der Waals surface area contributed by atoms with Crippen LogP contribution in [0.4, 0.5) is 22.0 Å². The highest BCUT2D eigenvalue weighted by Crippen LogP contribution is 2.41. The fourth-order valence-electron chi connectivity index (χ4n) is 2.30. The fourth-order valence-corrected chi connectivity index (χ4v) is 2.44. The van der Waals surface area contributed by atoms with Crippen molar-refractivity contribution >= 4 is 23.5 Å². The van der Waals surface area contributed by atoms with Crippen molar-refractivity contribution < 1.29 is 41.0 Å². The van der Waals surface area contributed by atoms with Crippen LogP contribution in [0.1, 0.15) is 51.5 Å². The van der Waals surface area contributed by atoms with Gasteiger partial charge in [-0.15, -0.1) is 0 Å². The number of hydrogen-bond donors (Lipinski definition) is 0. The topological polar surface area (TPSA) is 65.5 Å². The molecule has 0 unspecified atom stereocenters. The van der Waals surface area contributed by atoms with Gasteiger partial charge in [0, 0.05) is 0 Å². The normalized spacial score (nSPS) is 12.3. The van der Waals surface area contributed by atoms with Gasteiger partial charge >= 0.3 is 23.5 Å². The number of nitrogens with zero attached hydrogens (tertiary/aromatic N) is 1. The third kappa shape index (κ3) is 4.60. The van der Waals surface area contributed by atoms with Crippen molar-refractivity contribution in [2.24, 2.45) is 5.92 Å². The van der Waals surface area contributed by atoms with Crippen LogP contribution in [-0.4, -0.2) is 31.1 Å². The molecule has 11 heteroatoms. The highest BCUT2D eigenvalue weighted by molar-refractivity contribution is 6.22. The van der Waals surface area contributed by atoms with Gasteiger partial charge in [0.1, 0.15) is 5.69 Å². The minimum Gasteiger partial charge on any atom is -0.465 e. The molecule has 1 rings (SSSR count). The van der Waals surface area contributed by atoms with E-state index in [4.69, 9.17) is 11.6 Å². The minimum atomic E-state index is -5.28. The van der Waals surface area contributed by atoms with E-state index in [1.54, 1.807) is 13.8 Å². The van der Waals surface area contributed by atoms with Gasteiger partial charge in [0.2, 0.25) is 0 Å². The molecule has 1 aromatic heterocycles. The van der Waals surface area contributed by atoms with Crippen molar-refractivity contribution in [2.75, 3.05) is 14.2 Å². The SMILES string of the molecule is COC(=O)c1c(C(F)(F)F)nc(C(F)(F)Cl)c(C(=O)OC)c1CC(C)C. The minimum absolute atomic E-state index is 0.333. The zero-order valence-corrected chi connectivity index (χ0v) is 14.9. The molecule has 1 heterocycles. The fraction of sp³-hybridized carbons (Fsp3) is 0.533. The van der Waals surface area contributed by atoms with Crippen LogP contribution in [0.15, 0.2) is 0 Å². The number of pyridine rings is 1. The van der Waals surface area contributed by atoms with E-state index in [1.807, 2.05) is 0 Å². The smallest absolute Gasteiger partial charge is 0.434 e. The lowest BCUT2D eigenvalue weighted by molar-refractivity contribution is -0.142. The molecule has 0 atom stereocenters. The number of ether oxygens (including phenoxy) is 2. The van der Waals surface area contributed by atoms with Gasteiger partial charge in [0.15, 0.2) is 5.69 Å². The maximum absolute atomic E-state index is 13.7. The molecule has 0 spiro atoms. The Balaban J connectivity index is 4.15. The average molecular weight is 404 g/mol. The summed E-state index contributed by atoms with van der Waals surface area (Å²) in [5.74, 6) is -3.29. The Morgan fingerprint density at radius 1 is 1.00 bits per heavy atom. The van der Waals surface area contributed by atoms with Gasteiger partial charge in [-0.2, -0.15) is 22.0 Å². The van der Waals surface area contributed by atoms with Crippen LogP contribution in [0, 0.1) is 5.92 Å². The number of rotatable bonds is 5. The monoisotopic (exact) mass is 403 g/mol. The molecular formula is C15H15ClF5NO4. The van der Waals surface area contributed by atoms with E-state index in [0.29, 0.717) is 0 Å². The summed E-state index contributed by atoms with van der Waals surface area (Å²) in [4.78, 5) is 26.8. The summed E-state index contributed by atoms with van der Waals surface area (Å²) in [7, 11) is 1.65. The molecule has 0 aliphatic heterocycles. The first-order chi connectivity index (χ1) is 11.8. The second-order valence-electron chi connectivity index (χ2n) is 5.61. The first-order valence-corrected chi connectivity index (χ1v) is 7.51. The second-order valence-corrected chi connectivity index (χ2v) is 6.09. The van der Waals surface area contributed by atoms with E-state index >= 15 is 0 Å². The lowest BCUT2D eigenvalue weighted by Crippen LogP contribution is -2.27. The average Bonchev–Trinajstić information content (AvgIpc) is 2.49. The summed E-state index contributed by atoms with van der Waals surface area (Å²) in [5, 5.41) is -4.41. The number of carbonyl (C=O) groups excluding carboxylic acids is 2. The molecule has 26 heavy (non-hydrogen) atoms. The first kappa shape index (κ1) is 22.1. The molecule has 0 bridgehead atoms. The van der Waals surface area contributed by atoms with Gasteiger partial charge in [-0.1, -0.05) is 13.8 Å². The van der Waals surface area contributed by atoms with Crippen molar-refractivity contribution in [3.63, 3.8) is 0 Å². The number of esters is 2. The maximum Gasteiger partial charge on any atom is 0.434 e. The number of aromatic nitrogens is 1. The Bertz CT molecular complexity index is 661. The van der Waals surface area contributed by atoms with Gasteiger partial charge in [0.05, 0.1) is 25.3 Å². The molecule has 0 aromatic carbocycles. The predicted octanol–water partition coefficient (Wildman–Crippen LogP) is 4.16. The second kappa shape index (κ2) is 7.73. The van der Waals surface area contributed by atoms with Gasteiger partial charge in [0.25, 0.3) is 0 Å². The van der Waals surface area contributed by atoms with Crippen molar-refractivity contribution in [3.8, 4) is 0 Å². The van der Waals surface area contributed by atoms with Gasteiger partial charge in [-0.3, -0.25) is 0 Å². The quantitative estimate of drug-likeness (QED) is 0.419. The molecule has 0 aliphatic rings. The molecule has 0 radical (unpaired) electrons. The van der Waals surface area contributed by atoms with Crippen molar-refractivity contribution in [3.05, 3.63) is 28.1 Å². The molecule has 146 valence electrons. The highest BCUT2D eigenvalue weighted by atomic mass is 35.5. The summed E-state index contributed by atoms with van der Waals surface area (Å²) in [6.45, 7) is 3.10. The van der Waals surface area contributed by atoms with Crippen LogP contribution >= 0.6 is 11.6 Å². The van der Waals surface area contributed by atoms with Crippen LogP contribution in [0.3, 0.4) is 0 Å². The molecule has 0 amide bonds. The third-order valence-electron chi connectivity index (χ3n) is 3.23. The number of methoxy groups -OCH3 is 2. The van der Waals surface area contributed by atoms with Crippen LogP contribution in [0.2, 0.25) is 0 Å². The van der Waals surface area contributed by atoms with E-state index in [2.05, 4.69) is 14.5 Å². The maximum atomic E-state index is 13.7. The zero-order chi connectivity index (χ0) is 20.4. The van der Waals surface area contributed by atoms with Crippen LogP contribution < -0.4 is 0 Å². The van der Waals surface area contributed by atoms with Crippen LogP contribution in [-0.2, 0) is 27.5 Å². The Hall–Kier alpha value is -1.97. The summed E-state index contributed by atoms with van der Waals surface area (Å²) in [6.07, 6.45) is -5.61. The van der Waals surface area contributed by atoms with E-state index in [1.165, 1.54) is 0 Å². The van der Waals surface area contributed by atoms with Gasteiger partial charge in [-0.25, -0.2) is 14.6 Å². The Labute approximate surface area is 150 Å². The van der Waals surface area contributed by atoms with Crippen molar-refractivity contribution in [1.82, 2.24) is 4.98 Å². The van der Waals surface area contributed by atoms with Gasteiger partial charge in [-0.05, 0) is 29.5 Å². The standard InChI is InChI=1S/C15H15ClF5NO4/c1-6(2)5-7-8(12(23)25-3)10(14(16,17)18)22-11(15(19,20)21)9(7)13(24)26-4/h6H,5H2,1-4H3. The molecule has 5 nitrogen and oxygen atoms in total. The molecule has 0 N–H and O–H groups in total. The first-order valence-electron chi connectivity index (χ1n) is 7.13. The van der Waals surface area contributed by atoms with E-state index in [-0.39, 0.29) is 6.42 Å². The highest BCUT2D eigenvalue weighted by Gasteiger charge is 2.46. The molecule has 0 fully saturated rings. The number of alkyl halides is 6. The van der Waals surface area contributed by atoms with E-state index in [9.17, 15) is 31.5 Å². The molecule has 0 saturated heterocycles. The number of hydrogen-bond acceptors (Lipinski definition) is 5. The van der Waals surface area contributed by atoms with Gasteiger partial charge < -0.3 is 9.47 Å². The lowest BCUT2D eigenvalue weighted by Gasteiger charge is -2.22.